The summed E-state index contributed by atoms with van der Waals surface area (Å²) in [4.78, 5) is 0. The van der Waals surface area contributed by atoms with Crippen LogP contribution in [0.5, 0.6) is 0 Å². The third kappa shape index (κ3) is 2.50. The lowest BCUT2D eigenvalue weighted by Gasteiger charge is -2.28. The fraction of sp³-hybridized carbons (Fsp3) is 0.538. The quantitative estimate of drug-likeness (QED) is 0.785. The zero-order valence-electron chi connectivity index (χ0n) is 9.42. The highest BCUT2D eigenvalue weighted by Gasteiger charge is 2.48. The first kappa shape index (κ1) is 11.9. The van der Waals surface area contributed by atoms with E-state index >= 15 is 0 Å². The van der Waals surface area contributed by atoms with Gasteiger partial charge in [-0.25, -0.2) is 0 Å². The molecule has 2 unspecified atom stereocenters. The van der Waals surface area contributed by atoms with E-state index < -0.39 is 0 Å². The van der Waals surface area contributed by atoms with E-state index in [9.17, 15) is 0 Å². The Labute approximate surface area is 115 Å². The minimum absolute atomic E-state index is 0.129. The maximum absolute atomic E-state index is 6.02. The van der Waals surface area contributed by atoms with Crippen molar-refractivity contribution in [3.8, 4) is 0 Å². The molecule has 4 heteroatoms. The summed E-state index contributed by atoms with van der Waals surface area (Å²) in [5.74, 6) is 0. The van der Waals surface area contributed by atoms with Crippen molar-refractivity contribution < 1.29 is 12.5 Å². The molecule has 2 heterocycles. The number of halogens is 1. The summed E-state index contributed by atoms with van der Waals surface area (Å²) < 4.78 is 17.0. The summed E-state index contributed by atoms with van der Waals surface area (Å²) in [6.45, 7) is 0.625. The van der Waals surface area contributed by atoms with Gasteiger partial charge in [0, 0.05) is 12.8 Å². The maximum atomic E-state index is 6.02. The molecule has 1 aromatic carbocycles. The highest BCUT2D eigenvalue weighted by molar-refractivity contribution is 14.1. The van der Waals surface area contributed by atoms with E-state index in [1.54, 1.807) is 0 Å². The SMILES string of the molecule is IOCC1OC2C[C@@H]1O[C@@H]2Cc1ccccc1. The predicted octanol–water partition coefficient (Wildman–Crippen LogP) is 2.52. The molecule has 1 aromatic rings. The summed E-state index contributed by atoms with van der Waals surface area (Å²) in [5, 5.41) is 0. The largest absolute Gasteiger partial charge is 0.369 e. The molecule has 3 nitrogen and oxygen atoms in total. The van der Waals surface area contributed by atoms with Crippen LogP contribution in [0.25, 0.3) is 0 Å². The molecule has 2 fully saturated rings. The van der Waals surface area contributed by atoms with Crippen LogP contribution in [0, 0.1) is 0 Å². The van der Waals surface area contributed by atoms with Crippen molar-refractivity contribution in [1.29, 1.82) is 0 Å². The molecule has 0 amide bonds. The second-order valence-corrected chi connectivity index (χ2v) is 5.25. The van der Waals surface area contributed by atoms with E-state index in [1.807, 2.05) is 29.1 Å². The van der Waals surface area contributed by atoms with Crippen LogP contribution in [0.4, 0.5) is 0 Å². The number of hydrogen-bond donors (Lipinski definition) is 0. The normalized spacial score (nSPS) is 35.4. The molecule has 0 aliphatic carbocycles. The van der Waals surface area contributed by atoms with Gasteiger partial charge in [-0.05, 0) is 5.56 Å². The number of ether oxygens (including phenoxy) is 2. The molecule has 0 spiro atoms. The number of fused-ring (bicyclic) bond motifs is 2. The average Bonchev–Trinajstić information content (AvgIpc) is 2.90. The molecule has 0 saturated carbocycles. The highest BCUT2D eigenvalue weighted by atomic mass is 127. The summed E-state index contributed by atoms with van der Waals surface area (Å²) in [6, 6.07) is 10.4. The lowest BCUT2D eigenvalue weighted by molar-refractivity contribution is -0.142. The predicted molar refractivity (Wildman–Crippen MR) is 72.1 cm³/mol. The molecule has 2 aliphatic heterocycles. The van der Waals surface area contributed by atoms with Crippen LogP contribution < -0.4 is 0 Å². The summed E-state index contributed by atoms with van der Waals surface area (Å²) in [6.07, 6.45) is 2.78. The van der Waals surface area contributed by atoms with Crippen molar-refractivity contribution in [2.45, 2.75) is 37.3 Å². The van der Waals surface area contributed by atoms with E-state index in [0.717, 1.165) is 12.8 Å². The number of benzene rings is 1. The number of hydrogen-bond acceptors (Lipinski definition) is 3. The van der Waals surface area contributed by atoms with Crippen molar-refractivity contribution in [3.63, 3.8) is 0 Å². The van der Waals surface area contributed by atoms with E-state index in [1.165, 1.54) is 5.56 Å². The second kappa shape index (κ2) is 5.22. The summed E-state index contributed by atoms with van der Waals surface area (Å²) in [7, 11) is 0. The molecule has 92 valence electrons. The molecule has 2 aliphatic rings. The molecule has 0 N–H and O–H groups in total. The van der Waals surface area contributed by atoms with Crippen LogP contribution in [0.1, 0.15) is 12.0 Å². The van der Waals surface area contributed by atoms with Crippen molar-refractivity contribution in [2.75, 3.05) is 6.61 Å². The zero-order chi connectivity index (χ0) is 11.7. The third-order valence-corrected chi connectivity index (χ3v) is 3.86. The van der Waals surface area contributed by atoms with Gasteiger partial charge in [0.05, 0.1) is 24.9 Å². The Balaban J connectivity index is 1.59. The molecular weight excluding hydrogens is 331 g/mol. The van der Waals surface area contributed by atoms with E-state index in [4.69, 9.17) is 12.5 Å². The van der Waals surface area contributed by atoms with Gasteiger partial charge in [-0.15, -0.1) is 0 Å². The molecular formula is C13H15IO3. The molecule has 0 radical (unpaired) electrons. The monoisotopic (exact) mass is 346 g/mol. The maximum Gasteiger partial charge on any atom is 0.109 e. The summed E-state index contributed by atoms with van der Waals surface area (Å²) in [5.41, 5.74) is 1.32. The minimum atomic E-state index is 0.129. The zero-order valence-corrected chi connectivity index (χ0v) is 11.6. The van der Waals surface area contributed by atoms with Gasteiger partial charge in [-0.2, -0.15) is 0 Å². The van der Waals surface area contributed by atoms with Gasteiger partial charge in [-0.1, -0.05) is 30.3 Å². The number of rotatable bonds is 4. The van der Waals surface area contributed by atoms with Crippen molar-refractivity contribution >= 4 is 23.0 Å². The van der Waals surface area contributed by atoms with E-state index in [2.05, 4.69) is 24.3 Å². The Morgan fingerprint density at radius 2 is 1.82 bits per heavy atom. The van der Waals surface area contributed by atoms with Gasteiger partial charge in [0.15, 0.2) is 0 Å². The van der Waals surface area contributed by atoms with Crippen LogP contribution in [0.3, 0.4) is 0 Å². The highest BCUT2D eigenvalue weighted by Crippen LogP contribution is 2.36. The van der Waals surface area contributed by atoms with Crippen LogP contribution in [0.15, 0.2) is 30.3 Å². The van der Waals surface area contributed by atoms with Gasteiger partial charge in [0.1, 0.15) is 29.1 Å². The van der Waals surface area contributed by atoms with Crippen LogP contribution in [0.2, 0.25) is 0 Å². The summed E-state index contributed by atoms with van der Waals surface area (Å²) >= 11 is 1.91. The Kier molecular flexibility index (Phi) is 3.65. The van der Waals surface area contributed by atoms with Crippen LogP contribution in [-0.2, 0) is 19.0 Å². The fourth-order valence-electron chi connectivity index (χ4n) is 2.68. The Hall–Kier alpha value is -0.170. The Bertz CT molecular complexity index is 370. The van der Waals surface area contributed by atoms with Gasteiger partial charge in [0.25, 0.3) is 0 Å². The van der Waals surface area contributed by atoms with Crippen molar-refractivity contribution in [3.05, 3.63) is 35.9 Å². The van der Waals surface area contributed by atoms with Crippen LogP contribution in [-0.4, -0.2) is 31.0 Å². The smallest absolute Gasteiger partial charge is 0.109 e. The first-order chi connectivity index (χ1) is 8.36. The second-order valence-electron chi connectivity index (χ2n) is 4.63. The Morgan fingerprint density at radius 1 is 1.12 bits per heavy atom. The van der Waals surface area contributed by atoms with E-state index in [-0.39, 0.29) is 24.4 Å². The third-order valence-electron chi connectivity index (χ3n) is 3.50. The molecule has 0 aromatic heterocycles. The fourth-order valence-corrected chi connectivity index (χ4v) is 3.03. The topological polar surface area (TPSA) is 27.7 Å². The van der Waals surface area contributed by atoms with Gasteiger partial charge in [-0.3, -0.25) is 0 Å². The molecule has 2 saturated heterocycles. The van der Waals surface area contributed by atoms with Crippen molar-refractivity contribution in [2.24, 2.45) is 0 Å². The van der Waals surface area contributed by atoms with Crippen LogP contribution >= 0.6 is 23.0 Å². The standard InChI is InChI=1S/C13H15IO3/c14-15-8-13-12-7-11(17-13)10(16-12)6-9-4-2-1-3-5-9/h1-5,10-13H,6-8H2/t10-,11?,12+,13?/m1/s1. The van der Waals surface area contributed by atoms with Crippen molar-refractivity contribution in [1.82, 2.24) is 0 Å². The lowest BCUT2D eigenvalue weighted by atomic mass is 10.0. The average molecular weight is 346 g/mol. The minimum Gasteiger partial charge on any atom is -0.369 e. The van der Waals surface area contributed by atoms with Gasteiger partial charge in [0.2, 0.25) is 0 Å². The van der Waals surface area contributed by atoms with Gasteiger partial charge < -0.3 is 12.5 Å². The Morgan fingerprint density at radius 3 is 2.47 bits per heavy atom. The lowest BCUT2D eigenvalue weighted by Crippen LogP contribution is -2.38. The van der Waals surface area contributed by atoms with Gasteiger partial charge >= 0.3 is 0 Å². The molecule has 2 bridgehead atoms. The first-order valence-corrected chi connectivity index (χ1v) is 6.83. The molecule has 3 rings (SSSR count). The van der Waals surface area contributed by atoms with E-state index in [0.29, 0.717) is 6.61 Å². The molecule has 17 heavy (non-hydrogen) atoms. The molecule has 4 atom stereocenters. The first-order valence-electron chi connectivity index (χ1n) is 5.95.